The lowest BCUT2D eigenvalue weighted by atomic mass is 10.1. The van der Waals surface area contributed by atoms with Gasteiger partial charge in [-0.25, -0.2) is 9.86 Å². The summed E-state index contributed by atoms with van der Waals surface area (Å²) >= 11 is 0. The third-order valence-electron chi connectivity index (χ3n) is 2.82. The van der Waals surface area contributed by atoms with E-state index in [1.54, 1.807) is 0 Å². The molecule has 0 spiro atoms. The number of hydrogen-bond donors (Lipinski definition) is 5. The van der Waals surface area contributed by atoms with Crippen molar-refractivity contribution in [1.82, 2.24) is 10.4 Å². The molecule has 0 saturated heterocycles. The first-order chi connectivity index (χ1) is 9.61. The summed E-state index contributed by atoms with van der Waals surface area (Å²) in [6.07, 6.45) is 1.38. The Balaban J connectivity index is 4.36. The summed E-state index contributed by atoms with van der Waals surface area (Å²) in [5.74, 6) is -3.74. The van der Waals surface area contributed by atoms with E-state index in [1.807, 2.05) is 6.92 Å². The van der Waals surface area contributed by atoms with E-state index >= 15 is 0 Å². The Labute approximate surface area is 123 Å². The number of carboxylic acids is 1. The Kier molecular flexibility index (Phi) is 8.68. The lowest BCUT2D eigenvalue weighted by Crippen LogP contribution is -2.47. The van der Waals surface area contributed by atoms with Gasteiger partial charge in [-0.3, -0.25) is 14.6 Å². The normalized spacial score (nSPS) is 16.8. The number of rotatable bonds is 10. The lowest BCUT2D eigenvalue weighted by Gasteiger charge is -2.23. The minimum Gasteiger partial charge on any atom is -0.480 e. The quantitative estimate of drug-likeness (QED) is 0.208. The van der Waals surface area contributed by atoms with Gasteiger partial charge in [-0.2, -0.15) is 0 Å². The van der Waals surface area contributed by atoms with Crippen molar-refractivity contribution in [2.45, 2.75) is 38.1 Å². The molecule has 0 saturated carbocycles. The number of aliphatic hydroxyl groups is 1. The van der Waals surface area contributed by atoms with Crippen molar-refractivity contribution < 1.29 is 34.5 Å². The summed E-state index contributed by atoms with van der Waals surface area (Å²) in [5.41, 5.74) is 0. The van der Waals surface area contributed by atoms with Crippen molar-refractivity contribution in [2.75, 3.05) is 19.8 Å². The molecule has 0 aromatic heterocycles. The molecule has 0 fully saturated rings. The van der Waals surface area contributed by atoms with Crippen LogP contribution in [-0.4, -0.2) is 68.9 Å². The van der Waals surface area contributed by atoms with E-state index in [1.165, 1.54) is 0 Å². The Morgan fingerprint density at radius 3 is 2.38 bits per heavy atom. The van der Waals surface area contributed by atoms with Gasteiger partial charge in [0.25, 0.3) is 5.91 Å². The zero-order valence-corrected chi connectivity index (χ0v) is 13.0. The Hall–Kier alpha value is -0.990. The van der Waals surface area contributed by atoms with Crippen LogP contribution in [0.2, 0.25) is 0 Å². The number of hydroxylamine groups is 2. The molecule has 0 aromatic carbocycles. The summed E-state index contributed by atoms with van der Waals surface area (Å²) < 4.78 is 11.1. The molecule has 0 radical (unpaired) electrons. The molecule has 1 amide bonds. The Morgan fingerprint density at radius 1 is 1.38 bits per heavy atom. The third kappa shape index (κ3) is 7.54. The average molecular weight is 326 g/mol. The third-order valence-corrected chi connectivity index (χ3v) is 4.11. The van der Waals surface area contributed by atoms with Crippen LogP contribution in [0.3, 0.4) is 0 Å². The van der Waals surface area contributed by atoms with Crippen LogP contribution >= 0.6 is 7.37 Å². The predicted octanol–water partition coefficient (Wildman–Crippen LogP) is -0.344. The van der Waals surface area contributed by atoms with Crippen LogP contribution in [-0.2, 0) is 14.2 Å². The van der Waals surface area contributed by atoms with E-state index < -0.39 is 37.7 Å². The van der Waals surface area contributed by atoms with Crippen molar-refractivity contribution in [3.05, 3.63) is 0 Å². The van der Waals surface area contributed by atoms with Gasteiger partial charge in [-0.1, -0.05) is 19.8 Å². The zero-order chi connectivity index (χ0) is 16.6. The van der Waals surface area contributed by atoms with Gasteiger partial charge in [0.15, 0.2) is 6.04 Å². The molecule has 0 bridgehead atoms. The van der Waals surface area contributed by atoms with Crippen LogP contribution in [0.5, 0.6) is 0 Å². The molecule has 5 N–H and O–H groups in total. The fraction of sp³-hybridized carbons (Fsp3) is 0.818. The maximum Gasteiger partial charge on any atom is 0.329 e. The lowest BCUT2D eigenvalue weighted by molar-refractivity contribution is -0.185. The fourth-order valence-corrected chi connectivity index (χ4v) is 1.95. The minimum atomic E-state index is -3.68. The second kappa shape index (κ2) is 9.11. The molecule has 9 nitrogen and oxygen atoms in total. The van der Waals surface area contributed by atoms with Gasteiger partial charge in [0.05, 0.1) is 6.54 Å². The molecule has 0 aliphatic carbocycles. The monoisotopic (exact) mass is 326 g/mol. The van der Waals surface area contributed by atoms with Gasteiger partial charge in [0, 0.05) is 13.2 Å². The van der Waals surface area contributed by atoms with Crippen LogP contribution in [0.4, 0.5) is 0 Å². The Bertz CT molecular complexity index is 398. The highest BCUT2D eigenvalue weighted by molar-refractivity contribution is 7.57. The highest BCUT2D eigenvalue weighted by Crippen LogP contribution is 2.39. The molecular formula is C11H23N2O7P. The SMILES string of the molecule is CCCCC(C(=O)O)N(O)C(=O)CNCC(O)P(C)(=O)O. The standard InChI is InChI=1S/C11H23N2O7P/c1-3-4-5-8(11(16)17)13(18)9(14)6-12-7-10(15)21(2,19)20/h8,10,12,15,18H,3-7H2,1-2H3,(H,16,17)(H,19,20). The molecule has 3 unspecified atom stereocenters. The van der Waals surface area contributed by atoms with Crippen LogP contribution in [0.1, 0.15) is 26.2 Å². The predicted molar refractivity (Wildman–Crippen MR) is 74.2 cm³/mol. The maximum absolute atomic E-state index is 11.6. The molecule has 0 aliphatic rings. The zero-order valence-electron chi connectivity index (χ0n) is 12.1. The molecule has 0 rings (SSSR count). The number of unbranched alkanes of at least 4 members (excludes halogenated alkanes) is 1. The van der Waals surface area contributed by atoms with Gasteiger partial charge < -0.3 is 20.4 Å². The number of nitrogens with one attached hydrogen (secondary N) is 1. The van der Waals surface area contributed by atoms with Gasteiger partial charge in [0.2, 0.25) is 7.37 Å². The first-order valence-electron chi connectivity index (χ1n) is 6.53. The summed E-state index contributed by atoms with van der Waals surface area (Å²) in [7, 11) is -3.68. The van der Waals surface area contributed by atoms with E-state index in [4.69, 9.17) is 10.00 Å². The van der Waals surface area contributed by atoms with Crippen LogP contribution < -0.4 is 5.32 Å². The van der Waals surface area contributed by atoms with Crippen molar-refractivity contribution in [3.63, 3.8) is 0 Å². The van der Waals surface area contributed by atoms with Gasteiger partial charge in [0.1, 0.15) is 5.85 Å². The van der Waals surface area contributed by atoms with Gasteiger partial charge >= 0.3 is 5.97 Å². The number of carboxylic acid groups (broad SMARTS) is 1. The molecule has 10 heteroatoms. The van der Waals surface area contributed by atoms with E-state index in [0.29, 0.717) is 6.42 Å². The molecule has 3 atom stereocenters. The molecule has 0 aromatic rings. The van der Waals surface area contributed by atoms with Crippen LogP contribution in [0, 0.1) is 0 Å². The highest BCUT2D eigenvalue weighted by atomic mass is 31.2. The second-order valence-corrected chi connectivity index (χ2v) is 7.27. The number of carbonyl (C=O) groups excluding carboxylic acids is 1. The fourth-order valence-electron chi connectivity index (χ4n) is 1.48. The van der Waals surface area contributed by atoms with Gasteiger partial charge in [-0.15, -0.1) is 0 Å². The Morgan fingerprint density at radius 2 is 1.95 bits per heavy atom. The maximum atomic E-state index is 11.6. The smallest absolute Gasteiger partial charge is 0.329 e. The average Bonchev–Trinajstić information content (AvgIpc) is 2.37. The summed E-state index contributed by atoms with van der Waals surface area (Å²) in [6, 6.07) is -1.33. The van der Waals surface area contributed by atoms with Crippen LogP contribution in [0.25, 0.3) is 0 Å². The summed E-state index contributed by atoms with van der Waals surface area (Å²) in [5, 5.41) is 30.4. The molecule has 0 heterocycles. The molecule has 0 aliphatic heterocycles. The first-order valence-corrected chi connectivity index (χ1v) is 8.71. The topological polar surface area (TPSA) is 147 Å². The minimum absolute atomic E-state index is 0.123. The first kappa shape index (κ1) is 20.0. The highest BCUT2D eigenvalue weighted by Gasteiger charge is 2.28. The number of carbonyl (C=O) groups is 2. The second-order valence-electron chi connectivity index (χ2n) is 4.79. The number of hydrogen-bond acceptors (Lipinski definition) is 6. The van der Waals surface area contributed by atoms with E-state index in [0.717, 1.165) is 13.1 Å². The van der Waals surface area contributed by atoms with Crippen molar-refractivity contribution in [1.29, 1.82) is 0 Å². The number of aliphatic hydroxyl groups excluding tert-OH is 1. The van der Waals surface area contributed by atoms with Crippen LogP contribution in [0.15, 0.2) is 0 Å². The van der Waals surface area contributed by atoms with E-state index in [-0.39, 0.29) is 18.0 Å². The summed E-state index contributed by atoms with van der Waals surface area (Å²) in [6.45, 7) is 2.05. The number of amides is 1. The van der Waals surface area contributed by atoms with E-state index in [9.17, 15) is 24.5 Å². The molecule has 21 heavy (non-hydrogen) atoms. The van der Waals surface area contributed by atoms with Crippen molar-refractivity contribution in [2.24, 2.45) is 0 Å². The number of aliphatic carboxylic acids is 1. The largest absolute Gasteiger partial charge is 0.480 e. The molecular weight excluding hydrogens is 303 g/mol. The van der Waals surface area contributed by atoms with E-state index in [2.05, 4.69) is 5.32 Å². The summed E-state index contributed by atoms with van der Waals surface area (Å²) in [4.78, 5) is 31.7. The van der Waals surface area contributed by atoms with Crippen molar-refractivity contribution >= 4 is 19.2 Å². The van der Waals surface area contributed by atoms with Gasteiger partial charge in [-0.05, 0) is 6.42 Å². The van der Waals surface area contributed by atoms with Crippen molar-refractivity contribution in [3.8, 4) is 0 Å². The number of nitrogens with zero attached hydrogens (tertiary/aromatic N) is 1. The molecule has 124 valence electrons.